The van der Waals surface area contributed by atoms with Gasteiger partial charge in [0.1, 0.15) is 6.04 Å². The molecule has 1 saturated carbocycles. The minimum absolute atomic E-state index is 0.0265. The SMILES string of the molecule is CN(CC(F)F)C(=O)N1CC2CCCC2C1C(=O)O. The highest BCUT2D eigenvalue weighted by Gasteiger charge is 2.50. The van der Waals surface area contributed by atoms with Gasteiger partial charge in [-0.2, -0.15) is 0 Å². The second-order valence-corrected chi connectivity index (χ2v) is 5.34. The molecule has 3 atom stereocenters. The first-order chi connectivity index (χ1) is 8.91. The first-order valence-corrected chi connectivity index (χ1v) is 6.44. The number of nitrogens with zero attached hydrogens (tertiary/aromatic N) is 2. The van der Waals surface area contributed by atoms with Crippen LogP contribution >= 0.6 is 0 Å². The summed E-state index contributed by atoms with van der Waals surface area (Å²) < 4.78 is 24.6. The van der Waals surface area contributed by atoms with Gasteiger partial charge in [-0.15, -0.1) is 0 Å². The molecule has 0 spiro atoms. The number of rotatable bonds is 3. The molecule has 0 bridgehead atoms. The van der Waals surface area contributed by atoms with E-state index in [1.807, 2.05) is 0 Å². The molecule has 2 amide bonds. The van der Waals surface area contributed by atoms with Crippen LogP contribution in [0.15, 0.2) is 0 Å². The number of carbonyl (C=O) groups is 2. The monoisotopic (exact) mass is 276 g/mol. The molecule has 7 heteroatoms. The zero-order valence-corrected chi connectivity index (χ0v) is 10.8. The fourth-order valence-electron chi connectivity index (χ4n) is 3.32. The van der Waals surface area contributed by atoms with Crippen LogP contribution in [-0.4, -0.2) is 59.5 Å². The highest BCUT2D eigenvalue weighted by Crippen LogP contribution is 2.42. The summed E-state index contributed by atoms with van der Waals surface area (Å²) in [4.78, 5) is 25.6. The Bertz CT molecular complexity index is 378. The zero-order chi connectivity index (χ0) is 14.2. The van der Waals surface area contributed by atoms with E-state index in [9.17, 15) is 23.5 Å². The van der Waals surface area contributed by atoms with Crippen molar-refractivity contribution < 1.29 is 23.5 Å². The lowest BCUT2D eigenvalue weighted by molar-refractivity contribution is -0.142. The molecule has 1 N–H and O–H groups in total. The van der Waals surface area contributed by atoms with Crippen LogP contribution in [0.3, 0.4) is 0 Å². The number of hydrogen-bond acceptors (Lipinski definition) is 2. The van der Waals surface area contributed by atoms with E-state index in [1.54, 1.807) is 0 Å². The fourth-order valence-corrected chi connectivity index (χ4v) is 3.32. The molecule has 1 aliphatic heterocycles. The molecule has 0 aromatic carbocycles. The number of amides is 2. The van der Waals surface area contributed by atoms with Gasteiger partial charge in [-0.1, -0.05) is 6.42 Å². The van der Waals surface area contributed by atoms with Crippen molar-refractivity contribution in [1.82, 2.24) is 9.80 Å². The van der Waals surface area contributed by atoms with Crippen LogP contribution in [0, 0.1) is 11.8 Å². The molecule has 2 aliphatic rings. The Kier molecular flexibility index (Phi) is 3.91. The summed E-state index contributed by atoms with van der Waals surface area (Å²) in [5.41, 5.74) is 0. The minimum atomic E-state index is -2.61. The number of hydrogen-bond donors (Lipinski definition) is 1. The Morgan fingerprint density at radius 2 is 2.11 bits per heavy atom. The topological polar surface area (TPSA) is 60.9 Å². The lowest BCUT2D eigenvalue weighted by atomic mass is 9.94. The molecule has 0 aromatic heterocycles. The maximum atomic E-state index is 12.3. The summed E-state index contributed by atoms with van der Waals surface area (Å²) in [5.74, 6) is -0.861. The van der Waals surface area contributed by atoms with E-state index in [0.29, 0.717) is 6.54 Å². The normalized spacial score (nSPS) is 29.7. The van der Waals surface area contributed by atoms with E-state index < -0.39 is 31.0 Å². The van der Waals surface area contributed by atoms with Gasteiger partial charge in [0.15, 0.2) is 0 Å². The number of fused-ring (bicyclic) bond motifs is 1. The second-order valence-electron chi connectivity index (χ2n) is 5.34. The smallest absolute Gasteiger partial charge is 0.326 e. The van der Waals surface area contributed by atoms with Gasteiger partial charge in [-0.25, -0.2) is 18.4 Å². The quantitative estimate of drug-likeness (QED) is 0.849. The zero-order valence-electron chi connectivity index (χ0n) is 10.8. The third kappa shape index (κ3) is 2.64. The maximum absolute atomic E-state index is 12.3. The van der Waals surface area contributed by atoms with Crippen LogP contribution < -0.4 is 0 Å². The lowest BCUT2D eigenvalue weighted by Gasteiger charge is -2.29. The molecule has 1 saturated heterocycles. The van der Waals surface area contributed by atoms with Crippen molar-refractivity contribution in [2.24, 2.45) is 11.8 Å². The Morgan fingerprint density at radius 1 is 1.42 bits per heavy atom. The minimum Gasteiger partial charge on any atom is -0.480 e. The Balaban J connectivity index is 2.10. The average molecular weight is 276 g/mol. The second kappa shape index (κ2) is 5.30. The van der Waals surface area contributed by atoms with Crippen molar-refractivity contribution in [2.75, 3.05) is 20.1 Å². The molecule has 1 heterocycles. The van der Waals surface area contributed by atoms with Gasteiger partial charge in [0.2, 0.25) is 0 Å². The number of carbonyl (C=O) groups excluding carboxylic acids is 1. The molecule has 3 unspecified atom stereocenters. The summed E-state index contributed by atoms with van der Waals surface area (Å²) in [5, 5.41) is 9.28. The summed E-state index contributed by atoms with van der Waals surface area (Å²) in [6.07, 6.45) is 0.0775. The first kappa shape index (κ1) is 14.0. The summed E-state index contributed by atoms with van der Waals surface area (Å²) in [7, 11) is 1.28. The number of alkyl halides is 2. The van der Waals surface area contributed by atoms with E-state index in [1.165, 1.54) is 11.9 Å². The van der Waals surface area contributed by atoms with Crippen molar-refractivity contribution in [3.8, 4) is 0 Å². The van der Waals surface area contributed by atoms with Crippen molar-refractivity contribution in [3.05, 3.63) is 0 Å². The molecule has 1 aliphatic carbocycles. The predicted octanol–water partition coefficient (Wildman–Crippen LogP) is 1.49. The lowest BCUT2D eigenvalue weighted by Crippen LogP contribution is -2.49. The van der Waals surface area contributed by atoms with Gasteiger partial charge in [0.05, 0.1) is 6.54 Å². The summed E-state index contributed by atoms with van der Waals surface area (Å²) in [6, 6.07) is -1.47. The third-order valence-electron chi connectivity index (χ3n) is 4.13. The van der Waals surface area contributed by atoms with Gasteiger partial charge in [0, 0.05) is 13.6 Å². The highest BCUT2D eigenvalue weighted by atomic mass is 19.3. The molecule has 19 heavy (non-hydrogen) atoms. The summed E-state index contributed by atoms with van der Waals surface area (Å²) >= 11 is 0. The van der Waals surface area contributed by atoms with Gasteiger partial charge in [-0.3, -0.25) is 0 Å². The average Bonchev–Trinajstić information content (AvgIpc) is 2.84. The number of halogens is 2. The van der Waals surface area contributed by atoms with E-state index >= 15 is 0 Å². The molecule has 2 rings (SSSR count). The summed E-state index contributed by atoms with van der Waals surface area (Å²) in [6.45, 7) is -0.301. The number of aliphatic carboxylic acids is 1. The fraction of sp³-hybridized carbons (Fsp3) is 0.833. The van der Waals surface area contributed by atoms with Crippen molar-refractivity contribution in [1.29, 1.82) is 0 Å². The first-order valence-electron chi connectivity index (χ1n) is 6.44. The van der Waals surface area contributed by atoms with Crippen LogP contribution in [0.25, 0.3) is 0 Å². The Hall–Kier alpha value is -1.40. The van der Waals surface area contributed by atoms with Crippen molar-refractivity contribution in [3.63, 3.8) is 0 Å². The van der Waals surface area contributed by atoms with E-state index in [2.05, 4.69) is 0 Å². The Morgan fingerprint density at radius 3 is 2.68 bits per heavy atom. The standard InChI is InChI=1S/C12H18F2N2O3/c1-15(6-9(13)14)12(19)16-5-7-3-2-4-8(7)10(16)11(17)18/h7-10H,2-6H2,1H3,(H,17,18). The molecule has 5 nitrogen and oxygen atoms in total. The maximum Gasteiger partial charge on any atom is 0.326 e. The van der Waals surface area contributed by atoms with Gasteiger partial charge < -0.3 is 14.9 Å². The van der Waals surface area contributed by atoms with Crippen molar-refractivity contribution >= 4 is 12.0 Å². The number of likely N-dealkylation sites (tertiary alicyclic amines) is 1. The van der Waals surface area contributed by atoms with Crippen LogP contribution in [-0.2, 0) is 4.79 Å². The van der Waals surface area contributed by atoms with E-state index in [-0.39, 0.29) is 11.8 Å². The number of carboxylic acids is 1. The van der Waals surface area contributed by atoms with Crippen LogP contribution in [0.2, 0.25) is 0 Å². The van der Waals surface area contributed by atoms with E-state index in [4.69, 9.17) is 0 Å². The van der Waals surface area contributed by atoms with Crippen LogP contribution in [0.4, 0.5) is 13.6 Å². The molecule has 2 fully saturated rings. The molecule has 0 aromatic rings. The number of urea groups is 1. The largest absolute Gasteiger partial charge is 0.480 e. The highest BCUT2D eigenvalue weighted by molar-refractivity contribution is 5.83. The van der Waals surface area contributed by atoms with Crippen LogP contribution in [0.1, 0.15) is 19.3 Å². The van der Waals surface area contributed by atoms with Gasteiger partial charge in [0.25, 0.3) is 6.43 Å². The molecule has 0 radical (unpaired) electrons. The van der Waals surface area contributed by atoms with E-state index in [0.717, 1.165) is 24.2 Å². The molecular weight excluding hydrogens is 258 g/mol. The number of carboxylic acid groups (broad SMARTS) is 1. The van der Waals surface area contributed by atoms with Gasteiger partial charge in [-0.05, 0) is 24.7 Å². The Labute approximate surface area is 110 Å². The molecular formula is C12H18F2N2O3. The van der Waals surface area contributed by atoms with Crippen LogP contribution in [0.5, 0.6) is 0 Å². The van der Waals surface area contributed by atoms with Crippen molar-refractivity contribution in [2.45, 2.75) is 31.7 Å². The molecule has 108 valence electrons. The third-order valence-corrected chi connectivity index (χ3v) is 4.13. The predicted molar refractivity (Wildman–Crippen MR) is 63.0 cm³/mol. The van der Waals surface area contributed by atoms with Gasteiger partial charge >= 0.3 is 12.0 Å².